The minimum atomic E-state index is -1.01. The molecule has 0 aromatic heterocycles. The van der Waals surface area contributed by atoms with Crippen molar-refractivity contribution in [3.05, 3.63) is 35.9 Å². The molecule has 0 radical (unpaired) electrons. The fourth-order valence-corrected chi connectivity index (χ4v) is 3.70. The summed E-state index contributed by atoms with van der Waals surface area (Å²) in [5.41, 5.74) is 0.944. The monoisotopic (exact) mass is 434 g/mol. The Hall–Kier alpha value is -2.94. The first kappa shape index (κ1) is 24.3. The average molecular weight is 435 g/mol. The number of benzene rings is 1. The largest absolute Gasteiger partial charge is 0.454 e. The molecule has 1 saturated carbocycles. The number of guanidine groups is 1. The molecule has 2 rings (SSSR count). The minimum Gasteiger partial charge on any atom is -0.447 e. The van der Waals surface area contributed by atoms with Crippen LogP contribution in [0.3, 0.4) is 0 Å². The fraction of sp³-hybridized carbons (Fsp3) is 0.545. The van der Waals surface area contributed by atoms with Crippen LogP contribution < -0.4 is 0 Å². The fourth-order valence-electron chi connectivity index (χ4n) is 3.70. The van der Waals surface area contributed by atoms with Crippen LogP contribution in [0.15, 0.2) is 30.3 Å². The summed E-state index contributed by atoms with van der Waals surface area (Å²) in [4.78, 5) is 47.6. The van der Waals surface area contributed by atoms with Crippen LogP contribution in [0.1, 0.15) is 57.9 Å². The van der Waals surface area contributed by atoms with Gasteiger partial charge in [0.05, 0.1) is 13.0 Å². The maximum absolute atomic E-state index is 12.5. The molecule has 31 heavy (non-hydrogen) atoms. The highest BCUT2D eigenvalue weighted by Crippen LogP contribution is 2.29. The summed E-state index contributed by atoms with van der Waals surface area (Å²) in [6.07, 6.45) is 3.74. The number of amides is 1. The second kappa shape index (κ2) is 11.5. The molecule has 170 valence electrons. The molecule has 1 fully saturated rings. The molecule has 0 spiro atoms. The molecule has 1 atom stereocenters. The first-order valence-corrected chi connectivity index (χ1v) is 10.6. The lowest BCUT2D eigenvalue weighted by Crippen LogP contribution is -2.63. The van der Waals surface area contributed by atoms with Gasteiger partial charge in [-0.15, -0.1) is 0 Å². The van der Waals surface area contributed by atoms with Gasteiger partial charge in [0.25, 0.3) is 0 Å². The molecule has 9 nitrogen and oxygen atoms in total. The van der Waals surface area contributed by atoms with Gasteiger partial charge in [-0.05, 0) is 36.8 Å². The molecule has 1 aliphatic rings. The van der Waals surface area contributed by atoms with Crippen LogP contribution >= 0.6 is 0 Å². The average Bonchev–Trinajstić information content (AvgIpc) is 2.76. The zero-order valence-corrected chi connectivity index (χ0v) is 18.5. The lowest BCUT2D eigenvalue weighted by molar-refractivity contribution is -1.03. The Morgan fingerprint density at radius 1 is 1.13 bits per heavy atom. The third kappa shape index (κ3) is 6.78. The molecule has 1 aromatic rings. The molecular weight excluding hydrogens is 402 g/mol. The van der Waals surface area contributed by atoms with Crippen molar-refractivity contribution >= 4 is 24.0 Å². The van der Waals surface area contributed by atoms with E-state index in [0.29, 0.717) is 24.3 Å². The van der Waals surface area contributed by atoms with Gasteiger partial charge in [-0.1, -0.05) is 41.4 Å². The molecule has 1 amide bonds. The molecule has 1 unspecified atom stereocenters. The van der Waals surface area contributed by atoms with Crippen molar-refractivity contribution in [3.63, 3.8) is 0 Å². The number of quaternary nitrogens is 1. The standard InChI is InChI=1S/C22H32N3O6/c1-4-29-22(28)24(30-20(27)16-15-18-11-7-5-8-12-18)21(23)25(3,31-17(2)26)19-13-9-6-10-14-19/h5,7-8,11-12,19,23H,4,6,9-10,13-16H2,1-3H3/q+1. The van der Waals surface area contributed by atoms with E-state index < -0.39 is 28.6 Å². The zero-order valence-electron chi connectivity index (χ0n) is 18.5. The van der Waals surface area contributed by atoms with E-state index in [1.54, 1.807) is 6.92 Å². The quantitative estimate of drug-likeness (QED) is 0.328. The van der Waals surface area contributed by atoms with E-state index in [9.17, 15) is 14.4 Å². The normalized spacial score (nSPS) is 16.0. The van der Waals surface area contributed by atoms with Gasteiger partial charge < -0.3 is 9.57 Å². The van der Waals surface area contributed by atoms with E-state index in [4.69, 9.17) is 19.8 Å². The Kier molecular flexibility index (Phi) is 8.99. The van der Waals surface area contributed by atoms with Crippen LogP contribution in [0.4, 0.5) is 4.79 Å². The van der Waals surface area contributed by atoms with Gasteiger partial charge in [-0.3, -0.25) is 4.84 Å². The van der Waals surface area contributed by atoms with Crippen LogP contribution in [0, 0.1) is 5.41 Å². The lowest BCUT2D eigenvalue weighted by Gasteiger charge is -2.39. The van der Waals surface area contributed by atoms with Gasteiger partial charge in [0, 0.05) is 19.8 Å². The minimum absolute atomic E-state index is 0.00784. The Labute approximate surface area is 182 Å². The molecule has 1 aliphatic carbocycles. The summed E-state index contributed by atoms with van der Waals surface area (Å²) in [5.74, 6) is -1.77. The number of carbonyl (C=O) groups is 3. The van der Waals surface area contributed by atoms with Gasteiger partial charge in [0.15, 0.2) is 0 Å². The number of aryl methyl sites for hydroxylation is 1. The number of hydrogen-bond donors (Lipinski definition) is 1. The third-order valence-corrected chi connectivity index (χ3v) is 5.29. The van der Waals surface area contributed by atoms with E-state index in [1.807, 2.05) is 30.3 Å². The van der Waals surface area contributed by atoms with Crippen molar-refractivity contribution in [1.29, 1.82) is 5.41 Å². The van der Waals surface area contributed by atoms with Crippen LogP contribution in [0.25, 0.3) is 0 Å². The Morgan fingerprint density at radius 2 is 1.77 bits per heavy atom. The van der Waals surface area contributed by atoms with Gasteiger partial charge in [0.2, 0.25) is 0 Å². The topological polar surface area (TPSA) is 106 Å². The number of hydrogen-bond acceptors (Lipinski definition) is 7. The summed E-state index contributed by atoms with van der Waals surface area (Å²) in [6, 6.07) is 9.16. The van der Waals surface area contributed by atoms with Crippen LogP contribution in [0.2, 0.25) is 0 Å². The van der Waals surface area contributed by atoms with Crippen molar-refractivity contribution in [3.8, 4) is 0 Å². The van der Waals surface area contributed by atoms with Crippen molar-refractivity contribution in [2.45, 2.75) is 64.8 Å². The first-order chi connectivity index (χ1) is 14.8. The van der Waals surface area contributed by atoms with E-state index in [1.165, 1.54) is 14.0 Å². The highest BCUT2D eigenvalue weighted by molar-refractivity contribution is 5.89. The highest BCUT2D eigenvalue weighted by Gasteiger charge is 2.49. The predicted octanol–water partition coefficient (Wildman–Crippen LogP) is 3.73. The smallest absolute Gasteiger partial charge is 0.447 e. The number of hydroxylamine groups is 5. The molecule has 0 heterocycles. The summed E-state index contributed by atoms with van der Waals surface area (Å²) >= 11 is 0. The van der Waals surface area contributed by atoms with E-state index in [2.05, 4.69) is 0 Å². The van der Waals surface area contributed by atoms with E-state index in [-0.39, 0.29) is 19.1 Å². The number of carbonyl (C=O) groups excluding carboxylic acids is 3. The first-order valence-electron chi connectivity index (χ1n) is 10.6. The molecule has 9 heteroatoms. The number of nitrogens with zero attached hydrogens (tertiary/aromatic N) is 2. The Morgan fingerprint density at radius 3 is 2.35 bits per heavy atom. The molecule has 0 saturated heterocycles. The summed E-state index contributed by atoms with van der Waals surface area (Å²) < 4.78 is 4.40. The predicted molar refractivity (Wildman–Crippen MR) is 112 cm³/mol. The van der Waals surface area contributed by atoms with Crippen LogP contribution in [-0.2, 0) is 30.4 Å². The lowest BCUT2D eigenvalue weighted by atomic mass is 9.94. The third-order valence-electron chi connectivity index (χ3n) is 5.29. The molecule has 0 bridgehead atoms. The van der Waals surface area contributed by atoms with Gasteiger partial charge >= 0.3 is 24.0 Å². The number of ether oxygens (including phenoxy) is 1. The molecule has 0 aliphatic heterocycles. The van der Waals surface area contributed by atoms with Crippen molar-refractivity contribution in [2.24, 2.45) is 0 Å². The summed E-state index contributed by atoms with van der Waals surface area (Å²) in [6.45, 7) is 2.89. The molecular formula is C22H32N3O6+. The second-order valence-electron chi connectivity index (χ2n) is 7.63. The van der Waals surface area contributed by atoms with Gasteiger partial charge in [0.1, 0.15) is 13.1 Å². The van der Waals surface area contributed by atoms with Crippen LogP contribution in [-0.4, -0.2) is 53.4 Å². The number of nitrogens with one attached hydrogen (secondary N) is 1. The second-order valence-corrected chi connectivity index (χ2v) is 7.63. The Balaban J connectivity index is 2.20. The summed E-state index contributed by atoms with van der Waals surface area (Å²) in [7, 11) is 1.53. The van der Waals surface area contributed by atoms with Crippen LogP contribution in [0.5, 0.6) is 0 Å². The maximum Gasteiger partial charge on any atom is 0.454 e. The van der Waals surface area contributed by atoms with Gasteiger partial charge in [-0.25, -0.2) is 19.8 Å². The zero-order chi connectivity index (χ0) is 22.9. The highest BCUT2D eigenvalue weighted by atomic mass is 16.8. The van der Waals surface area contributed by atoms with E-state index in [0.717, 1.165) is 24.8 Å². The Bertz CT molecular complexity index is 779. The van der Waals surface area contributed by atoms with E-state index >= 15 is 0 Å². The summed E-state index contributed by atoms with van der Waals surface area (Å²) in [5, 5.41) is 9.18. The van der Waals surface area contributed by atoms with Crippen molar-refractivity contribution in [1.82, 2.24) is 5.06 Å². The maximum atomic E-state index is 12.5. The number of rotatable bonds is 5. The van der Waals surface area contributed by atoms with Crippen molar-refractivity contribution < 1.29 is 33.4 Å². The molecule has 1 N–H and O–H groups in total. The molecule has 1 aromatic carbocycles. The van der Waals surface area contributed by atoms with Gasteiger partial charge in [-0.2, -0.15) is 0 Å². The van der Waals surface area contributed by atoms with Crippen molar-refractivity contribution in [2.75, 3.05) is 13.7 Å². The SMILES string of the molecule is CCOC(=O)N(OC(=O)CCc1ccccc1)C(=N)[N+](C)(OC(C)=O)C1CCCCC1.